The van der Waals surface area contributed by atoms with Gasteiger partial charge in [-0.05, 0) is 37.0 Å². The molecule has 0 fully saturated rings. The highest BCUT2D eigenvalue weighted by Gasteiger charge is 2.28. The average Bonchev–Trinajstić information content (AvgIpc) is 2.24. The highest BCUT2D eigenvalue weighted by molar-refractivity contribution is 5.85. The third-order valence-electron chi connectivity index (χ3n) is 2.85. The van der Waals surface area contributed by atoms with Gasteiger partial charge in [0.15, 0.2) is 0 Å². The highest BCUT2D eigenvalue weighted by Crippen LogP contribution is 2.30. The van der Waals surface area contributed by atoms with Gasteiger partial charge in [0, 0.05) is 12.5 Å². The number of nitrogens with two attached hydrogens (primary N) is 1. The maximum atomic E-state index is 12.1. The minimum Gasteiger partial charge on any atom is -0.496 e. The molecule has 0 aliphatic heterocycles. The smallest absolute Gasteiger partial charge is 0.389 e. The zero-order chi connectivity index (χ0) is 13.9. The number of alkyl halides is 3. The van der Waals surface area contributed by atoms with Crippen LogP contribution in [0.2, 0.25) is 0 Å². The van der Waals surface area contributed by atoms with Gasteiger partial charge in [0.05, 0.1) is 7.11 Å². The highest BCUT2D eigenvalue weighted by atomic mass is 35.5. The summed E-state index contributed by atoms with van der Waals surface area (Å²) in [5.74, 6) is 0.752. The predicted molar refractivity (Wildman–Crippen MR) is 71.9 cm³/mol. The maximum Gasteiger partial charge on any atom is 0.389 e. The molecule has 19 heavy (non-hydrogen) atoms. The van der Waals surface area contributed by atoms with Gasteiger partial charge in [-0.2, -0.15) is 13.2 Å². The van der Waals surface area contributed by atoms with Gasteiger partial charge in [0.2, 0.25) is 0 Å². The first-order valence-corrected chi connectivity index (χ1v) is 5.72. The van der Waals surface area contributed by atoms with Crippen LogP contribution in [0.25, 0.3) is 0 Å². The van der Waals surface area contributed by atoms with Gasteiger partial charge in [0.25, 0.3) is 0 Å². The second-order valence-corrected chi connectivity index (χ2v) is 4.45. The molecule has 1 atom stereocenters. The lowest BCUT2D eigenvalue weighted by Gasteiger charge is -2.17. The van der Waals surface area contributed by atoms with Crippen LogP contribution in [0.4, 0.5) is 13.2 Å². The molecule has 2 nitrogen and oxygen atoms in total. The standard InChI is InChI=1S/C13H18F3NO.ClH/c1-8-6-10(7-9(2)12(8)18-3)11(17)4-5-13(14,15)16;/h6-7,11H,4-5,17H2,1-3H3;1H/t11-;/m1./s1. The summed E-state index contributed by atoms with van der Waals surface area (Å²) in [7, 11) is 1.57. The van der Waals surface area contributed by atoms with Crippen LogP contribution in [0.3, 0.4) is 0 Å². The Kier molecular flexibility index (Phi) is 6.66. The van der Waals surface area contributed by atoms with E-state index in [1.807, 2.05) is 13.8 Å². The van der Waals surface area contributed by atoms with Crippen LogP contribution in [-0.4, -0.2) is 13.3 Å². The van der Waals surface area contributed by atoms with E-state index in [0.29, 0.717) is 0 Å². The summed E-state index contributed by atoms with van der Waals surface area (Å²) in [6, 6.07) is 2.97. The van der Waals surface area contributed by atoms with Crippen molar-refractivity contribution in [1.82, 2.24) is 0 Å². The first kappa shape index (κ1) is 18.1. The molecule has 0 radical (unpaired) electrons. The topological polar surface area (TPSA) is 35.2 Å². The fourth-order valence-corrected chi connectivity index (χ4v) is 2.01. The molecule has 6 heteroatoms. The number of hydrogen-bond acceptors (Lipinski definition) is 2. The van der Waals surface area contributed by atoms with Crippen molar-refractivity contribution in [2.45, 2.75) is 38.9 Å². The molecule has 0 saturated carbocycles. The molecule has 0 aliphatic carbocycles. The van der Waals surface area contributed by atoms with E-state index in [1.165, 1.54) is 0 Å². The number of aryl methyl sites for hydroxylation is 2. The number of benzene rings is 1. The number of rotatable bonds is 4. The Balaban J connectivity index is 0.00000324. The minimum atomic E-state index is -4.16. The monoisotopic (exact) mass is 297 g/mol. The zero-order valence-corrected chi connectivity index (χ0v) is 12.0. The Morgan fingerprint density at radius 1 is 1.21 bits per heavy atom. The summed E-state index contributed by atoms with van der Waals surface area (Å²) in [4.78, 5) is 0. The van der Waals surface area contributed by atoms with Crippen molar-refractivity contribution in [2.24, 2.45) is 5.73 Å². The van der Waals surface area contributed by atoms with Crippen molar-refractivity contribution in [1.29, 1.82) is 0 Å². The zero-order valence-electron chi connectivity index (χ0n) is 11.2. The van der Waals surface area contributed by atoms with Crippen LogP contribution in [0.1, 0.15) is 35.6 Å². The second-order valence-electron chi connectivity index (χ2n) is 4.45. The number of halogens is 4. The molecule has 0 heterocycles. The molecule has 110 valence electrons. The lowest BCUT2D eigenvalue weighted by atomic mass is 9.98. The normalized spacial score (nSPS) is 12.8. The fourth-order valence-electron chi connectivity index (χ4n) is 2.01. The lowest BCUT2D eigenvalue weighted by molar-refractivity contribution is -0.136. The largest absolute Gasteiger partial charge is 0.496 e. The van der Waals surface area contributed by atoms with E-state index in [0.717, 1.165) is 22.4 Å². The molecule has 0 aliphatic rings. The Morgan fingerprint density at radius 3 is 2.05 bits per heavy atom. The van der Waals surface area contributed by atoms with E-state index >= 15 is 0 Å². The summed E-state index contributed by atoms with van der Waals surface area (Å²) in [6.07, 6.45) is -5.12. The first-order valence-electron chi connectivity index (χ1n) is 5.72. The quantitative estimate of drug-likeness (QED) is 0.909. The third kappa shape index (κ3) is 5.28. The molecule has 1 rings (SSSR count). The number of ether oxygens (including phenoxy) is 1. The Morgan fingerprint density at radius 2 is 1.68 bits per heavy atom. The van der Waals surface area contributed by atoms with Gasteiger partial charge in [-0.25, -0.2) is 0 Å². The van der Waals surface area contributed by atoms with Crippen molar-refractivity contribution in [2.75, 3.05) is 7.11 Å². The molecular weight excluding hydrogens is 279 g/mol. The fraction of sp³-hybridized carbons (Fsp3) is 0.538. The van der Waals surface area contributed by atoms with Crippen LogP contribution < -0.4 is 10.5 Å². The van der Waals surface area contributed by atoms with Crippen LogP contribution >= 0.6 is 12.4 Å². The lowest BCUT2D eigenvalue weighted by Crippen LogP contribution is -2.16. The van der Waals surface area contributed by atoms with Gasteiger partial charge in [0.1, 0.15) is 5.75 Å². The molecule has 0 unspecified atom stereocenters. The van der Waals surface area contributed by atoms with Crippen molar-refractivity contribution in [3.05, 3.63) is 28.8 Å². The Hall–Kier alpha value is -0.940. The summed E-state index contributed by atoms with van der Waals surface area (Å²) in [5.41, 5.74) is 8.28. The van der Waals surface area contributed by atoms with E-state index < -0.39 is 18.6 Å². The number of hydrogen-bond donors (Lipinski definition) is 1. The van der Waals surface area contributed by atoms with E-state index in [2.05, 4.69) is 0 Å². The summed E-state index contributed by atoms with van der Waals surface area (Å²) in [5, 5.41) is 0. The molecule has 0 spiro atoms. The maximum absolute atomic E-state index is 12.1. The first-order chi connectivity index (χ1) is 8.24. The number of methoxy groups -OCH3 is 1. The summed E-state index contributed by atoms with van der Waals surface area (Å²) < 4.78 is 41.6. The molecule has 0 bridgehead atoms. The van der Waals surface area contributed by atoms with Crippen LogP contribution in [-0.2, 0) is 0 Å². The molecule has 0 amide bonds. The second kappa shape index (κ2) is 7.01. The van der Waals surface area contributed by atoms with Gasteiger partial charge >= 0.3 is 6.18 Å². The van der Waals surface area contributed by atoms with E-state index in [-0.39, 0.29) is 18.8 Å². The van der Waals surface area contributed by atoms with Crippen LogP contribution in [0.5, 0.6) is 5.75 Å². The minimum absolute atomic E-state index is 0. The van der Waals surface area contributed by atoms with Crippen LogP contribution in [0.15, 0.2) is 12.1 Å². The van der Waals surface area contributed by atoms with E-state index in [9.17, 15) is 13.2 Å². The van der Waals surface area contributed by atoms with Gasteiger partial charge in [-0.15, -0.1) is 12.4 Å². The predicted octanol–water partition coefficient (Wildman–Crippen LogP) is 4.08. The Bertz CT molecular complexity index is 398. The molecule has 1 aromatic rings. The van der Waals surface area contributed by atoms with Crippen LogP contribution in [0, 0.1) is 13.8 Å². The third-order valence-corrected chi connectivity index (χ3v) is 2.85. The van der Waals surface area contributed by atoms with Gasteiger partial charge in [-0.3, -0.25) is 0 Å². The van der Waals surface area contributed by atoms with Crippen molar-refractivity contribution < 1.29 is 17.9 Å². The Labute approximate surface area is 117 Å². The van der Waals surface area contributed by atoms with Gasteiger partial charge in [-0.1, -0.05) is 12.1 Å². The molecular formula is C13H19ClF3NO. The van der Waals surface area contributed by atoms with Crippen molar-refractivity contribution in [3.8, 4) is 5.75 Å². The summed E-state index contributed by atoms with van der Waals surface area (Å²) >= 11 is 0. The molecule has 1 aromatic carbocycles. The SMILES string of the molecule is COc1c(C)cc([C@H](N)CCC(F)(F)F)cc1C.Cl. The van der Waals surface area contributed by atoms with Crippen molar-refractivity contribution in [3.63, 3.8) is 0 Å². The van der Waals surface area contributed by atoms with E-state index in [1.54, 1.807) is 19.2 Å². The molecule has 0 aromatic heterocycles. The summed E-state index contributed by atoms with van der Waals surface area (Å²) in [6.45, 7) is 3.71. The molecule has 0 saturated heterocycles. The van der Waals surface area contributed by atoms with Gasteiger partial charge < -0.3 is 10.5 Å². The van der Waals surface area contributed by atoms with Crippen molar-refractivity contribution >= 4 is 12.4 Å². The molecule has 2 N–H and O–H groups in total. The van der Waals surface area contributed by atoms with E-state index in [4.69, 9.17) is 10.5 Å². The average molecular weight is 298 g/mol.